The van der Waals surface area contributed by atoms with Gasteiger partial charge in [-0.15, -0.1) is 11.8 Å². The van der Waals surface area contributed by atoms with Gasteiger partial charge in [0.25, 0.3) is 0 Å². The number of carbonyl (C=O) groups excluding carboxylic acids is 1. The lowest BCUT2D eigenvalue weighted by Gasteiger charge is -2.10. The van der Waals surface area contributed by atoms with Crippen molar-refractivity contribution in [2.75, 3.05) is 24.3 Å². The number of hydrogen-bond acceptors (Lipinski definition) is 4. The zero-order chi connectivity index (χ0) is 16.9. The standard InChI is InChI=1S/C17H15Cl2NO3S/c18-11-2-4-14(13(19)8-11)20-17(21)10-24-12-3-5-15-16(9-12)23-7-1-6-22-15/h2-5,8-9H,1,6-7,10H2,(H,20,21). The van der Waals surface area contributed by atoms with E-state index in [9.17, 15) is 4.79 Å². The first kappa shape index (κ1) is 17.3. The minimum absolute atomic E-state index is 0.142. The van der Waals surface area contributed by atoms with Crippen LogP contribution in [0, 0.1) is 0 Å². The van der Waals surface area contributed by atoms with Gasteiger partial charge in [0.1, 0.15) is 0 Å². The first-order chi connectivity index (χ1) is 11.6. The Labute approximate surface area is 154 Å². The highest BCUT2D eigenvalue weighted by Gasteiger charge is 2.12. The lowest BCUT2D eigenvalue weighted by molar-refractivity contribution is -0.113. The third kappa shape index (κ3) is 4.50. The molecule has 24 heavy (non-hydrogen) atoms. The molecule has 0 radical (unpaired) electrons. The van der Waals surface area contributed by atoms with Crippen molar-refractivity contribution in [3.8, 4) is 11.5 Å². The van der Waals surface area contributed by atoms with E-state index in [1.165, 1.54) is 11.8 Å². The van der Waals surface area contributed by atoms with Gasteiger partial charge < -0.3 is 14.8 Å². The van der Waals surface area contributed by atoms with Gasteiger partial charge in [0.2, 0.25) is 5.91 Å². The molecule has 0 unspecified atom stereocenters. The number of thioether (sulfide) groups is 1. The quantitative estimate of drug-likeness (QED) is 0.763. The molecule has 0 saturated heterocycles. The molecule has 3 rings (SSSR count). The van der Waals surface area contributed by atoms with Crippen LogP contribution in [0.2, 0.25) is 10.0 Å². The molecule has 0 spiro atoms. The third-order valence-corrected chi connectivity index (χ3v) is 4.84. The molecule has 7 heteroatoms. The van der Waals surface area contributed by atoms with E-state index in [0.29, 0.717) is 28.9 Å². The van der Waals surface area contributed by atoms with E-state index < -0.39 is 0 Å². The van der Waals surface area contributed by atoms with E-state index in [4.69, 9.17) is 32.7 Å². The van der Waals surface area contributed by atoms with Crippen LogP contribution in [-0.2, 0) is 4.79 Å². The predicted molar refractivity (Wildman–Crippen MR) is 97.9 cm³/mol. The van der Waals surface area contributed by atoms with E-state index in [1.54, 1.807) is 18.2 Å². The lowest BCUT2D eigenvalue weighted by atomic mass is 10.3. The van der Waals surface area contributed by atoms with Crippen LogP contribution in [0.1, 0.15) is 6.42 Å². The lowest BCUT2D eigenvalue weighted by Crippen LogP contribution is -2.14. The maximum atomic E-state index is 12.1. The number of ether oxygens (including phenoxy) is 2. The van der Waals surface area contributed by atoms with Gasteiger partial charge in [-0.3, -0.25) is 4.79 Å². The van der Waals surface area contributed by atoms with Crippen molar-refractivity contribution < 1.29 is 14.3 Å². The van der Waals surface area contributed by atoms with Gasteiger partial charge in [0, 0.05) is 16.3 Å². The SMILES string of the molecule is O=C(CSc1ccc2c(c1)OCCCO2)Nc1ccc(Cl)cc1Cl. The normalized spacial score (nSPS) is 13.2. The fraction of sp³-hybridized carbons (Fsp3) is 0.235. The van der Waals surface area contributed by atoms with Gasteiger partial charge in [-0.2, -0.15) is 0 Å². The highest BCUT2D eigenvalue weighted by atomic mass is 35.5. The van der Waals surface area contributed by atoms with Crippen LogP contribution in [-0.4, -0.2) is 24.9 Å². The molecule has 0 saturated carbocycles. The largest absolute Gasteiger partial charge is 0.490 e. The number of carbonyl (C=O) groups is 1. The van der Waals surface area contributed by atoms with Crippen molar-refractivity contribution in [3.05, 3.63) is 46.4 Å². The minimum atomic E-state index is -0.142. The molecule has 1 aliphatic rings. The van der Waals surface area contributed by atoms with E-state index in [2.05, 4.69) is 5.32 Å². The Bertz CT molecular complexity index is 755. The number of fused-ring (bicyclic) bond motifs is 1. The van der Waals surface area contributed by atoms with Crippen molar-refractivity contribution in [1.82, 2.24) is 0 Å². The molecule has 0 aromatic heterocycles. The summed E-state index contributed by atoms with van der Waals surface area (Å²) in [6.07, 6.45) is 0.863. The number of halogens is 2. The second-order valence-corrected chi connectivity index (χ2v) is 7.01. The summed E-state index contributed by atoms with van der Waals surface area (Å²) in [6.45, 7) is 1.29. The van der Waals surface area contributed by atoms with Crippen molar-refractivity contribution in [3.63, 3.8) is 0 Å². The Morgan fingerprint density at radius 2 is 1.88 bits per heavy atom. The number of benzene rings is 2. The molecular formula is C17H15Cl2NO3S. The molecule has 0 bridgehead atoms. The zero-order valence-corrected chi connectivity index (χ0v) is 15.0. The van der Waals surface area contributed by atoms with Crippen LogP contribution in [0.25, 0.3) is 0 Å². The van der Waals surface area contributed by atoms with Crippen LogP contribution >= 0.6 is 35.0 Å². The Morgan fingerprint density at radius 1 is 1.08 bits per heavy atom. The second-order valence-electron chi connectivity index (χ2n) is 5.12. The molecule has 126 valence electrons. The average molecular weight is 384 g/mol. The fourth-order valence-corrected chi connectivity index (χ4v) is 3.34. The van der Waals surface area contributed by atoms with Gasteiger partial charge in [-0.25, -0.2) is 0 Å². The van der Waals surface area contributed by atoms with Crippen LogP contribution in [0.4, 0.5) is 5.69 Å². The summed E-state index contributed by atoms with van der Waals surface area (Å²) in [4.78, 5) is 13.0. The van der Waals surface area contributed by atoms with Gasteiger partial charge >= 0.3 is 0 Å². The summed E-state index contributed by atoms with van der Waals surface area (Å²) in [5.74, 6) is 1.59. The maximum Gasteiger partial charge on any atom is 0.234 e. The predicted octanol–water partition coefficient (Wildman–Crippen LogP) is 4.89. The number of rotatable bonds is 4. The highest BCUT2D eigenvalue weighted by Crippen LogP contribution is 2.34. The minimum Gasteiger partial charge on any atom is -0.490 e. The van der Waals surface area contributed by atoms with E-state index in [1.807, 2.05) is 18.2 Å². The molecule has 1 N–H and O–H groups in total. The molecule has 0 fully saturated rings. The molecule has 4 nitrogen and oxygen atoms in total. The molecule has 0 atom stereocenters. The summed E-state index contributed by atoms with van der Waals surface area (Å²) < 4.78 is 11.2. The van der Waals surface area contributed by atoms with Crippen LogP contribution in [0.3, 0.4) is 0 Å². The molecule has 1 amide bonds. The second kappa shape index (κ2) is 8.01. The monoisotopic (exact) mass is 383 g/mol. The van der Waals surface area contributed by atoms with Crippen molar-refractivity contribution in [1.29, 1.82) is 0 Å². The van der Waals surface area contributed by atoms with Crippen molar-refractivity contribution in [2.24, 2.45) is 0 Å². The summed E-state index contributed by atoms with van der Waals surface area (Å²) in [5, 5.41) is 3.71. The van der Waals surface area contributed by atoms with Gasteiger partial charge in [-0.1, -0.05) is 23.2 Å². The molecule has 2 aromatic carbocycles. The van der Waals surface area contributed by atoms with Crippen LogP contribution in [0.5, 0.6) is 11.5 Å². The molecular weight excluding hydrogens is 369 g/mol. The highest BCUT2D eigenvalue weighted by molar-refractivity contribution is 8.00. The Balaban J connectivity index is 1.59. The topological polar surface area (TPSA) is 47.6 Å². The Kier molecular flexibility index (Phi) is 5.76. The number of amides is 1. The van der Waals surface area contributed by atoms with Gasteiger partial charge in [0.05, 0.1) is 29.7 Å². The van der Waals surface area contributed by atoms with Crippen molar-refractivity contribution >= 4 is 46.6 Å². The van der Waals surface area contributed by atoms with Crippen LogP contribution < -0.4 is 14.8 Å². The van der Waals surface area contributed by atoms with E-state index in [0.717, 1.165) is 22.8 Å². The van der Waals surface area contributed by atoms with Gasteiger partial charge in [0.15, 0.2) is 11.5 Å². The number of nitrogens with one attached hydrogen (secondary N) is 1. The summed E-state index contributed by atoms with van der Waals surface area (Å²) >= 11 is 13.3. The Morgan fingerprint density at radius 3 is 2.67 bits per heavy atom. The number of anilines is 1. The first-order valence-electron chi connectivity index (χ1n) is 7.39. The molecule has 1 aliphatic heterocycles. The summed E-state index contributed by atoms with van der Waals surface area (Å²) in [5.41, 5.74) is 0.547. The molecule has 0 aliphatic carbocycles. The number of hydrogen-bond donors (Lipinski definition) is 1. The Hall–Kier alpha value is -1.56. The molecule has 2 aromatic rings. The van der Waals surface area contributed by atoms with E-state index in [-0.39, 0.29) is 11.7 Å². The fourth-order valence-electron chi connectivity index (χ4n) is 2.16. The van der Waals surface area contributed by atoms with Crippen molar-refractivity contribution in [2.45, 2.75) is 11.3 Å². The van der Waals surface area contributed by atoms with Gasteiger partial charge in [-0.05, 0) is 36.4 Å². The maximum absolute atomic E-state index is 12.1. The van der Waals surface area contributed by atoms with Crippen LogP contribution in [0.15, 0.2) is 41.3 Å². The smallest absolute Gasteiger partial charge is 0.234 e. The third-order valence-electron chi connectivity index (χ3n) is 3.29. The van der Waals surface area contributed by atoms with E-state index >= 15 is 0 Å². The summed E-state index contributed by atoms with van der Waals surface area (Å²) in [7, 11) is 0. The zero-order valence-electron chi connectivity index (χ0n) is 12.7. The first-order valence-corrected chi connectivity index (χ1v) is 9.13. The summed E-state index contributed by atoms with van der Waals surface area (Å²) in [6, 6.07) is 10.6. The average Bonchev–Trinajstić information content (AvgIpc) is 2.80. The molecule has 1 heterocycles.